The molecule has 0 aliphatic rings. The lowest BCUT2D eigenvalue weighted by Gasteiger charge is -2.12. The number of pyridine rings is 1. The van der Waals surface area contributed by atoms with E-state index in [1.54, 1.807) is 11.3 Å². The first-order valence-corrected chi connectivity index (χ1v) is 6.11. The van der Waals surface area contributed by atoms with Crippen LogP contribution in [-0.2, 0) is 5.41 Å². The minimum Gasteiger partial charge on any atom is -0.244 e. The Kier molecular flexibility index (Phi) is 3.80. The summed E-state index contributed by atoms with van der Waals surface area (Å²) in [5, 5.41) is 1.15. The van der Waals surface area contributed by atoms with E-state index in [0.717, 1.165) is 15.4 Å². The number of fused-ring (bicyclic) bond motifs is 1. The molecule has 0 aromatic carbocycles. The fraction of sp³-hybridized carbons (Fsp3) is 0.500. The quantitative estimate of drug-likeness (QED) is 0.673. The van der Waals surface area contributed by atoms with E-state index in [-0.39, 0.29) is 5.41 Å². The predicted molar refractivity (Wildman–Crippen MR) is 67.5 cm³/mol. The monoisotopic (exact) mass is 222 g/mol. The summed E-state index contributed by atoms with van der Waals surface area (Å²) in [5.41, 5.74) is 1.14. The first kappa shape index (κ1) is 12.1. The van der Waals surface area contributed by atoms with Gasteiger partial charge in [0.1, 0.15) is 15.4 Å². The van der Waals surface area contributed by atoms with Crippen molar-refractivity contribution in [3.63, 3.8) is 0 Å². The molecule has 0 aliphatic heterocycles. The van der Waals surface area contributed by atoms with Crippen LogP contribution in [-0.4, -0.2) is 9.97 Å². The van der Waals surface area contributed by atoms with Gasteiger partial charge in [-0.3, -0.25) is 0 Å². The Morgan fingerprint density at radius 2 is 1.87 bits per heavy atom. The van der Waals surface area contributed by atoms with Gasteiger partial charge in [0.05, 0.1) is 0 Å². The van der Waals surface area contributed by atoms with Gasteiger partial charge in [-0.15, -0.1) is 0 Å². The maximum Gasteiger partial charge on any atom is 0.143 e. The lowest BCUT2D eigenvalue weighted by atomic mass is 9.98. The predicted octanol–water partition coefficient (Wildman–Crippen LogP) is 4.02. The summed E-state index contributed by atoms with van der Waals surface area (Å²) in [6, 6.07) is 3.93. The molecule has 0 radical (unpaired) electrons. The maximum atomic E-state index is 4.54. The largest absolute Gasteiger partial charge is 0.244 e. The Hall–Kier alpha value is -0.960. The molecule has 2 nitrogen and oxygen atoms in total. The van der Waals surface area contributed by atoms with Crippen LogP contribution in [0.2, 0.25) is 0 Å². The molecule has 0 N–H and O–H groups in total. The molecular weight excluding hydrogens is 204 g/mol. The Morgan fingerprint density at radius 3 is 2.40 bits per heavy atom. The molecule has 0 fully saturated rings. The Labute approximate surface area is 95.4 Å². The summed E-state index contributed by atoms with van der Waals surface area (Å²) in [6.07, 6.45) is 1.81. The van der Waals surface area contributed by atoms with Gasteiger partial charge in [-0.1, -0.05) is 46.0 Å². The van der Waals surface area contributed by atoms with E-state index in [9.17, 15) is 0 Å². The zero-order valence-electron chi connectivity index (χ0n) is 10.0. The number of hydrogen-bond donors (Lipinski definition) is 0. The van der Waals surface area contributed by atoms with Crippen LogP contribution in [0.25, 0.3) is 10.3 Å². The molecule has 3 heteroatoms. The number of rotatable bonds is 0. The minimum absolute atomic E-state index is 0.130. The summed E-state index contributed by atoms with van der Waals surface area (Å²) in [4.78, 5) is 9.85. The highest BCUT2D eigenvalue weighted by Crippen LogP contribution is 2.29. The zero-order valence-corrected chi connectivity index (χ0v) is 10.9. The fourth-order valence-electron chi connectivity index (χ4n) is 1.09. The number of aromatic nitrogens is 2. The molecule has 0 atom stereocenters. The van der Waals surface area contributed by atoms with Crippen molar-refractivity contribution in [2.75, 3.05) is 0 Å². The molecule has 2 rings (SSSR count). The van der Waals surface area contributed by atoms with Crippen molar-refractivity contribution in [1.29, 1.82) is 0 Å². The Morgan fingerprint density at radius 1 is 1.20 bits per heavy atom. The Balaban J connectivity index is 0.000000531. The van der Waals surface area contributed by atoms with Crippen LogP contribution in [0.1, 0.15) is 39.6 Å². The van der Waals surface area contributed by atoms with Crippen LogP contribution in [0.3, 0.4) is 0 Å². The van der Waals surface area contributed by atoms with Crippen LogP contribution in [0.5, 0.6) is 0 Å². The van der Waals surface area contributed by atoms with E-state index >= 15 is 0 Å². The van der Waals surface area contributed by atoms with E-state index in [4.69, 9.17) is 0 Å². The third-order valence-electron chi connectivity index (χ3n) is 1.81. The van der Waals surface area contributed by atoms with E-state index in [2.05, 4.69) is 30.7 Å². The number of nitrogens with zero attached hydrogens (tertiary/aromatic N) is 2. The Bertz CT molecular complexity index is 393. The first-order chi connectivity index (χ1) is 7.07. The van der Waals surface area contributed by atoms with Gasteiger partial charge in [-0.05, 0) is 12.1 Å². The molecule has 82 valence electrons. The molecule has 2 heterocycles. The van der Waals surface area contributed by atoms with Crippen LogP contribution >= 0.6 is 11.3 Å². The van der Waals surface area contributed by atoms with Crippen LogP contribution in [0.15, 0.2) is 18.3 Å². The van der Waals surface area contributed by atoms with Crippen molar-refractivity contribution < 1.29 is 0 Å². The van der Waals surface area contributed by atoms with Crippen molar-refractivity contribution in [3.8, 4) is 0 Å². The highest BCUT2D eigenvalue weighted by molar-refractivity contribution is 7.18. The van der Waals surface area contributed by atoms with Crippen molar-refractivity contribution in [2.24, 2.45) is 0 Å². The van der Waals surface area contributed by atoms with Gasteiger partial charge in [0.2, 0.25) is 0 Å². The molecule has 0 saturated heterocycles. The highest BCUT2D eigenvalue weighted by Gasteiger charge is 2.18. The summed E-state index contributed by atoms with van der Waals surface area (Å²) in [5.74, 6) is 0. The molecule has 0 spiro atoms. The summed E-state index contributed by atoms with van der Waals surface area (Å²) < 4.78 is 0. The molecule has 15 heavy (non-hydrogen) atoms. The molecule has 0 unspecified atom stereocenters. The van der Waals surface area contributed by atoms with Gasteiger partial charge < -0.3 is 0 Å². The van der Waals surface area contributed by atoms with Crippen molar-refractivity contribution in [1.82, 2.24) is 9.97 Å². The van der Waals surface area contributed by atoms with Gasteiger partial charge in [-0.25, -0.2) is 9.97 Å². The third-order valence-corrected chi connectivity index (χ3v) is 3.21. The minimum atomic E-state index is 0.130. The van der Waals surface area contributed by atoms with Gasteiger partial charge in [0.25, 0.3) is 0 Å². The summed E-state index contributed by atoms with van der Waals surface area (Å²) >= 11 is 1.68. The SMILES string of the molecule is CC.CC(C)(C)c1nc2cccnc2s1. The molecule has 2 aromatic rings. The van der Waals surface area contributed by atoms with Crippen LogP contribution < -0.4 is 0 Å². The molecule has 2 aromatic heterocycles. The van der Waals surface area contributed by atoms with Crippen molar-refractivity contribution >= 4 is 21.7 Å². The number of hydrogen-bond acceptors (Lipinski definition) is 3. The smallest absolute Gasteiger partial charge is 0.143 e. The van der Waals surface area contributed by atoms with Gasteiger partial charge in [0.15, 0.2) is 0 Å². The third kappa shape index (κ3) is 2.75. The average Bonchev–Trinajstić information content (AvgIpc) is 2.63. The van der Waals surface area contributed by atoms with E-state index < -0.39 is 0 Å². The van der Waals surface area contributed by atoms with Gasteiger partial charge in [-0.2, -0.15) is 0 Å². The molecule has 0 aliphatic carbocycles. The lowest BCUT2D eigenvalue weighted by Crippen LogP contribution is -2.09. The fourth-order valence-corrected chi connectivity index (χ4v) is 2.06. The van der Waals surface area contributed by atoms with Gasteiger partial charge in [0, 0.05) is 11.6 Å². The van der Waals surface area contributed by atoms with Crippen LogP contribution in [0, 0.1) is 0 Å². The second kappa shape index (κ2) is 4.71. The zero-order chi connectivity index (χ0) is 11.5. The lowest BCUT2D eigenvalue weighted by molar-refractivity contribution is 0.587. The van der Waals surface area contributed by atoms with Gasteiger partial charge >= 0.3 is 0 Å². The highest BCUT2D eigenvalue weighted by atomic mass is 32.1. The van der Waals surface area contributed by atoms with Crippen LogP contribution in [0.4, 0.5) is 0 Å². The van der Waals surface area contributed by atoms with E-state index in [1.165, 1.54) is 0 Å². The maximum absolute atomic E-state index is 4.54. The summed E-state index contributed by atoms with van der Waals surface area (Å²) in [6.45, 7) is 10.5. The molecular formula is C12H18N2S. The topological polar surface area (TPSA) is 25.8 Å². The van der Waals surface area contributed by atoms with E-state index in [1.807, 2.05) is 32.2 Å². The first-order valence-electron chi connectivity index (χ1n) is 5.29. The normalized spacial score (nSPS) is 11.0. The summed E-state index contributed by atoms with van der Waals surface area (Å²) in [7, 11) is 0. The van der Waals surface area contributed by atoms with E-state index in [0.29, 0.717) is 0 Å². The second-order valence-corrected chi connectivity index (χ2v) is 5.07. The second-order valence-electron chi connectivity index (χ2n) is 4.10. The molecule has 0 saturated carbocycles. The average molecular weight is 222 g/mol. The van der Waals surface area contributed by atoms with Crippen molar-refractivity contribution in [3.05, 3.63) is 23.3 Å². The standard InChI is InChI=1S/C10H12N2S.C2H6/c1-10(2,3)9-12-7-5-4-6-11-8(7)13-9;1-2/h4-6H,1-3H3;1-2H3. The molecule has 0 bridgehead atoms. The molecule has 0 amide bonds. The number of thiazole rings is 1. The van der Waals surface area contributed by atoms with Crippen molar-refractivity contribution in [2.45, 2.75) is 40.0 Å².